The van der Waals surface area contributed by atoms with Crippen LogP contribution in [0, 0.1) is 5.41 Å². The minimum Gasteiger partial charge on any atom is -0.464 e. The highest BCUT2D eigenvalue weighted by atomic mass is 127. The predicted molar refractivity (Wildman–Crippen MR) is 42.5 cm³/mol. The van der Waals surface area contributed by atoms with Gasteiger partial charge in [0.2, 0.25) is 0 Å². The molecule has 2 nitrogen and oxygen atoms in total. The van der Waals surface area contributed by atoms with Crippen molar-refractivity contribution in [1.29, 1.82) is 0 Å². The van der Waals surface area contributed by atoms with Crippen molar-refractivity contribution in [2.45, 2.75) is 17.8 Å². The third-order valence-corrected chi connectivity index (χ3v) is 3.67. The summed E-state index contributed by atoms with van der Waals surface area (Å²) in [6.07, 6.45) is 0. The number of hydrogen-bond acceptors (Lipinski definition) is 2. The summed E-state index contributed by atoms with van der Waals surface area (Å²) < 4.78 is 4.87. The second-order valence-electron chi connectivity index (χ2n) is 2.96. The minimum atomic E-state index is -0.0689. The van der Waals surface area contributed by atoms with Crippen LogP contribution in [0.25, 0.3) is 0 Å². The van der Waals surface area contributed by atoms with E-state index in [4.69, 9.17) is 4.74 Å². The summed E-state index contributed by atoms with van der Waals surface area (Å²) in [6, 6.07) is 0. The highest BCUT2D eigenvalue weighted by Crippen LogP contribution is 2.33. The van der Waals surface area contributed by atoms with Gasteiger partial charge in [-0.25, -0.2) is 0 Å². The first-order valence-corrected chi connectivity index (χ1v) is 4.09. The van der Waals surface area contributed by atoms with Crippen LogP contribution in [0.15, 0.2) is 0 Å². The Kier molecular flexibility index (Phi) is 1.71. The monoisotopic (exact) mass is 240 g/mol. The lowest BCUT2D eigenvalue weighted by molar-refractivity contribution is -0.137. The average Bonchev–Trinajstić information content (AvgIpc) is 1.97. The van der Waals surface area contributed by atoms with Crippen LogP contribution in [0.4, 0.5) is 0 Å². The predicted octanol–water partition coefficient (Wildman–Crippen LogP) is 1.37. The lowest BCUT2D eigenvalue weighted by atomic mass is 9.93. The number of carbonyl (C=O) groups excluding carboxylic acids is 1. The van der Waals surface area contributed by atoms with E-state index in [1.165, 1.54) is 0 Å². The second kappa shape index (κ2) is 2.11. The molecule has 0 aromatic heterocycles. The SMILES string of the molecule is CC1(C)COC(=O)C1I. The third kappa shape index (κ3) is 1.20. The lowest BCUT2D eigenvalue weighted by Crippen LogP contribution is -2.23. The zero-order valence-electron chi connectivity index (χ0n) is 5.48. The van der Waals surface area contributed by atoms with E-state index in [9.17, 15) is 4.79 Å². The van der Waals surface area contributed by atoms with Gasteiger partial charge in [0.1, 0.15) is 3.92 Å². The number of rotatable bonds is 0. The van der Waals surface area contributed by atoms with Crippen LogP contribution in [-0.4, -0.2) is 16.5 Å². The lowest BCUT2D eigenvalue weighted by Gasteiger charge is -2.15. The maximum absolute atomic E-state index is 10.8. The molecule has 1 rings (SSSR count). The first-order valence-electron chi connectivity index (χ1n) is 2.85. The van der Waals surface area contributed by atoms with Crippen LogP contribution in [0.2, 0.25) is 0 Å². The molecule has 52 valence electrons. The first kappa shape index (κ1) is 7.31. The molecule has 0 bridgehead atoms. The molecule has 1 saturated heterocycles. The maximum atomic E-state index is 10.8. The molecule has 0 radical (unpaired) electrons. The van der Waals surface area contributed by atoms with Crippen LogP contribution in [0.5, 0.6) is 0 Å². The van der Waals surface area contributed by atoms with Gasteiger partial charge in [-0.1, -0.05) is 36.4 Å². The second-order valence-corrected chi connectivity index (χ2v) is 4.20. The van der Waals surface area contributed by atoms with Gasteiger partial charge < -0.3 is 4.74 Å². The number of hydrogen-bond donors (Lipinski definition) is 0. The zero-order chi connectivity index (χ0) is 7.07. The first-order chi connectivity index (χ1) is 4.04. The molecule has 1 aliphatic rings. The molecule has 1 fully saturated rings. The van der Waals surface area contributed by atoms with Crippen molar-refractivity contribution >= 4 is 28.6 Å². The van der Waals surface area contributed by atoms with E-state index in [0.717, 1.165) is 0 Å². The summed E-state index contributed by atoms with van der Waals surface area (Å²) in [6.45, 7) is 4.64. The van der Waals surface area contributed by atoms with Gasteiger partial charge in [-0.05, 0) is 0 Å². The van der Waals surface area contributed by atoms with E-state index in [0.29, 0.717) is 6.61 Å². The van der Waals surface area contributed by atoms with Crippen LogP contribution in [0.3, 0.4) is 0 Å². The quantitative estimate of drug-likeness (QED) is 0.363. The summed E-state index contributed by atoms with van der Waals surface area (Å²) in [5.74, 6) is -0.0689. The van der Waals surface area contributed by atoms with Crippen LogP contribution in [0.1, 0.15) is 13.8 Å². The fraction of sp³-hybridized carbons (Fsp3) is 0.833. The fourth-order valence-corrected chi connectivity index (χ4v) is 1.08. The Hall–Kier alpha value is 0.200. The Labute approximate surface area is 68.1 Å². The standard InChI is InChI=1S/C6H9IO2/c1-6(2)3-9-5(8)4(6)7/h4H,3H2,1-2H3. The minimum absolute atomic E-state index is 0.0371. The third-order valence-electron chi connectivity index (χ3n) is 1.48. The smallest absolute Gasteiger partial charge is 0.319 e. The molecule has 0 saturated carbocycles. The van der Waals surface area contributed by atoms with Gasteiger partial charge in [-0.15, -0.1) is 0 Å². The molecule has 0 spiro atoms. The topological polar surface area (TPSA) is 26.3 Å². The number of cyclic esters (lactones) is 1. The van der Waals surface area contributed by atoms with Crippen LogP contribution >= 0.6 is 22.6 Å². The molecule has 0 aromatic rings. The van der Waals surface area contributed by atoms with Crippen molar-refractivity contribution < 1.29 is 9.53 Å². The highest BCUT2D eigenvalue weighted by molar-refractivity contribution is 14.1. The van der Waals surface area contributed by atoms with Gasteiger partial charge in [0, 0.05) is 5.41 Å². The molecule has 1 atom stereocenters. The molecule has 1 unspecified atom stereocenters. The Morgan fingerprint density at radius 1 is 1.78 bits per heavy atom. The molecule has 0 aliphatic carbocycles. The van der Waals surface area contributed by atoms with E-state index in [1.807, 2.05) is 13.8 Å². The summed E-state index contributed by atoms with van der Waals surface area (Å²) in [5.41, 5.74) is 0.0393. The summed E-state index contributed by atoms with van der Waals surface area (Å²) in [7, 11) is 0. The van der Waals surface area contributed by atoms with Crippen molar-refractivity contribution in [3.63, 3.8) is 0 Å². The van der Waals surface area contributed by atoms with Gasteiger partial charge in [0.05, 0.1) is 6.61 Å². The highest BCUT2D eigenvalue weighted by Gasteiger charge is 2.41. The molecular weight excluding hydrogens is 231 g/mol. The molecule has 9 heavy (non-hydrogen) atoms. The Morgan fingerprint density at radius 3 is 2.44 bits per heavy atom. The number of halogens is 1. The van der Waals surface area contributed by atoms with E-state index in [2.05, 4.69) is 22.6 Å². The number of ether oxygens (including phenoxy) is 1. The number of esters is 1. The van der Waals surface area contributed by atoms with Crippen molar-refractivity contribution in [3.8, 4) is 0 Å². The fourth-order valence-electron chi connectivity index (χ4n) is 0.722. The summed E-state index contributed by atoms with van der Waals surface area (Å²) in [5, 5.41) is 0. The van der Waals surface area contributed by atoms with E-state index < -0.39 is 0 Å². The normalized spacial score (nSPS) is 32.3. The zero-order valence-corrected chi connectivity index (χ0v) is 7.64. The van der Waals surface area contributed by atoms with E-state index in [1.54, 1.807) is 0 Å². The molecule has 0 N–H and O–H groups in total. The van der Waals surface area contributed by atoms with Crippen LogP contribution < -0.4 is 0 Å². The van der Waals surface area contributed by atoms with Crippen molar-refractivity contribution in [2.75, 3.05) is 6.61 Å². The van der Waals surface area contributed by atoms with E-state index in [-0.39, 0.29) is 15.3 Å². The van der Waals surface area contributed by atoms with Gasteiger partial charge >= 0.3 is 5.97 Å². The van der Waals surface area contributed by atoms with Crippen molar-refractivity contribution in [3.05, 3.63) is 0 Å². The van der Waals surface area contributed by atoms with Gasteiger partial charge in [0.15, 0.2) is 0 Å². The summed E-state index contributed by atoms with van der Waals surface area (Å²) in [4.78, 5) is 10.8. The molecule has 3 heteroatoms. The molecular formula is C6H9IO2. The van der Waals surface area contributed by atoms with Crippen molar-refractivity contribution in [2.24, 2.45) is 5.41 Å². The maximum Gasteiger partial charge on any atom is 0.319 e. The molecule has 0 aromatic carbocycles. The van der Waals surface area contributed by atoms with Crippen molar-refractivity contribution in [1.82, 2.24) is 0 Å². The van der Waals surface area contributed by atoms with Gasteiger partial charge in [0.25, 0.3) is 0 Å². The number of alkyl halides is 1. The van der Waals surface area contributed by atoms with Gasteiger partial charge in [-0.2, -0.15) is 0 Å². The van der Waals surface area contributed by atoms with Crippen LogP contribution in [-0.2, 0) is 9.53 Å². The average molecular weight is 240 g/mol. The Balaban J connectivity index is 2.73. The Morgan fingerprint density at radius 2 is 2.33 bits per heavy atom. The largest absolute Gasteiger partial charge is 0.464 e. The summed E-state index contributed by atoms with van der Waals surface area (Å²) >= 11 is 2.13. The van der Waals surface area contributed by atoms with E-state index >= 15 is 0 Å². The molecule has 0 amide bonds. The molecule has 1 heterocycles. The number of carbonyl (C=O) groups is 1. The van der Waals surface area contributed by atoms with Gasteiger partial charge in [-0.3, -0.25) is 4.79 Å². The Bertz CT molecular complexity index is 142. The molecule has 1 aliphatic heterocycles.